The van der Waals surface area contributed by atoms with Crippen molar-refractivity contribution in [1.82, 2.24) is 5.32 Å². The molecule has 0 saturated carbocycles. The Balaban J connectivity index is 2.19. The van der Waals surface area contributed by atoms with Crippen LogP contribution in [0, 0.1) is 11.7 Å². The highest BCUT2D eigenvalue weighted by Crippen LogP contribution is 2.32. The van der Waals surface area contributed by atoms with Gasteiger partial charge in [0.25, 0.3) is 0 Å². The molecule has 1 aromatic carbocycles. The molecule has 1 saturated heterocycles. The molecular weight excluding hydrogens is 251 g/mol. The van der Waals surface area contributed by atoms with Gasteiger partial charge in [0, 0.05) is 24.8 Å². The van der Waals surface area contributed by atoms with Crippen molar-refractivity contribution >= 4 is 5.69 Å². The highest BCUT2D eigenvalue weighted by atomic mass is 19.1. The lowest BCUT2D eigenvalue weighted by Crippen LogP contribution is -2.25. The first-order valence-electron chi connectivity index (χ1n) is 7.93. The maximum Gasteiger partial charge on any atom is 0.123 e. The quantitative estimate of drug-likeness (QED) is 0.842. The molecule has 0 radical (unpaired) electrons. The van der Waals surface area contributed by atoms with Crippen molar-refractivity contribution in [2.24, 2.45) is 5.92 Å². The number of anilines is 1. The van der Waals surface area contributed by atoms with Crippen molar-refractivity contribution < 1.29 is 4.39 Å². The molecule has 0 spiro atoms. The van der Waals surface area contributed by atoms with Gasteiger partial charge in [0.2, 0.25) is 0 Å². The van der Waals surface area contributed by atoms with Crippen LogP contribution in [-0.4, -0.2) is 19.6 Å². The summed E-state index contributed by atoms with van der Waals surface area (Å²) in [6.07, 6.45) is 3.58. The Hall–Kier alpha value is -1.09. The van der Waals surface area contributed by atoms with Crippen molar-refractivity contribution in [3.05, 3.63) is 29.6 Å². The summed E-state index contributed by atoms with van der Waals surface area (Å²) in [4.78, 5) is 2.42. The first-order chi connectivity index (χ1) is 9.65. The lowest BCUT2D eigenvalue weighted by Gasteiger charge is -2.25. The van der Waals surface area contributed by atoms with E-state index >= 15 is 0 Å². The first-order valence-corrected chi connectivity index (χ1v) is 7.93. The van der Waals surface area contributed by atoms with Crippen LogP contribution in [0.4, 0.5) is 10.1 Å². The van der Waals surface area contributed by atoms with Crippen molar-refractivity contribution in [2.75, 3.05) is 24.5 Å². The van der Waals surface area contributed by atoms with E-state index in [1.54, 1.807) is 12.1 Å². The van der Waals surface area contributed by atoms with Gasteiger partial charge < -0.3 is 10.2 Å². The number of hydrogen-bond donors (Lipinski definition) is 1. The van der Waals surface area contributed by atoms with E-state index in [2.05, 4.69) is 31.0 Å². The standard InChI is InChI=1S/C17H27FN2/c1-4-9-19-13(3)16-11-15(18)6-7-17(16)20-10-8-14(5-2)12-20/h6-7,11,13-14,19H,4-5,8-10,12H2,1-3H3. The monoisotopic (exact) mass is 278 g/mol. The highest BCUT2D eigenvalue weighted by Gasteiger charge is 2.24. The smallest absolute Gasteiger partial charge is 0.123 e. The number of halogens is 1. The van der Waals surface area contributed by atoms with Gasteiger partial charge in [-0.2, -0.15) is 0 Å². The van der Waals surface area contributed by atoms with Crippen LogP contribution in [-0.2, 0) is 0 Å². The molecule has 1 heterocycles. The van der Waals surface area contributed by atoms with E-state index in [-0.39, 0.29) is 11.9 Å². The molecule has 1 aliphatic rings. The lowest BCUT2D eigenvalue weighted by atomic mass is 10.0. The van der Waals surface area contributed by atoms with Crippen LogP contribution in [0.3, 0.4) is 0 Å². The van der Waals surface area contributed by atoms with Gasteiger partial charge in [0.15, 0.2) is 0 Å². The van der Waals surface area contributed by atoms with Crippen LogP contribution < -0.4 is 10.2 Å². The van der Waals surface area contributed by atoms with Crippen molar-refractivity contribution in [3.63, 3.8) is 0 Å². The number of rotatable bonds is 6. The number of benzene rings is 1. The molecule has 1 aliphatic heterocycles. The Morgan fingerprint density at radius 3 is 2.85 bits per heavy atom. The van der Waals surface area contributed by atoms with E-state index in [9.17, 15) is 4.39 Å². The summed E-state index contributed by atoms with van der Waals surface area (Å²) >= 11 is 0. The molecular formula is C17H27FN2. The van der Waals surface area contributed by atoms with Gasteiger partial charge >= 0.3 is 0 Å². The Kier molecular flexibility index (Phi) is 5.41. The molecule has 0 bridgehead atoms. The van der Waals surface area contributed by atoms with E-state index in [0.29, 0.717) is 0 Å². The van der Waals surface area contributed by atoms with Gasteiger partial charge in [0.05, 0.1) is 0 Å². The highest BCUT2D eigenvalue weighted by molar-refractivity contribution is 5.56. The van der Waals surface area contributed by atoms with Gasteiger partial charge in [0.1, 0.15) is 5.82 Å². The minimum atomic E-state index is -0.139. The molecule has 112 valence electrons. The van der Waals surface area contributed by atoms with Crippen LogP contribution in [0.1, 0.15) is 51.6 Å². The largest absolute Gasteiger partial charge is 0.371 e. The summed E-state index contributed by atoms with van der Waals surface area (Å²) in [5, 5.41) is 3.47. The first kappa shape index (κ1) is 15.3. The summed E-state index contributed by atoms with van der Waals surface area (Å²) in [5.74, 6) is 0.645. The second kappa shape index (κ2) is 7.07. The van der Waals surface area contributed by atoms with Crippen LogP contribution in [0.2, 0.25) is 0 Å². The molecule has 1 N–H and O–H groups in total. The fourth-order valence-electron chi connectivity index (χ4n) is 3.02. The van der Waals surface area contributed by atoms with Gasteiger partial charge in [-0.25, -0.2) is 4.39 Å². The molecule has 0 aliphatic carbocycles. The molecule has 2 rings (SSSR count). The second-order valence-electron chi connectivity index (χ2n) is 5.89. The van der Waals surface area contributed by atoms with E-state index in [1.807, 2.05) is 6.07 Å². The maximum absolute atomic E-state index is 13.6. The molecule has 1 fully saturated rings. The molecule has 2 nitrogen and oxygen atoms in total. The van der Waals surface area contributed by atoms with Crippen molar-refractivity contribution in [1.29, 1.82) is 0 Å². The Labute approximate surface area is 122 Å². The van der Waals surface area contributed by atoms with Crippen LogP contribution >= 0.6 is 0 Å². The van der Waals surface area contributed by atoms with Gasteiger partial charge in [-0.3, -0.25) is 0 Å². The molecule has 0 aromatic heterocycles. The zero-order valence-corrected chi connectivity index (χ0v) is 13.0. The zero-order chi connectivity index (χ0) is 14.5. The summed E-state index contributed by atoms with van der Waals surface area (Å²) in [7, 11) is 0. The summed E-state index contributed by atoms with van der Waals surface area (Å²) in [5.41, 5.74) is 2.30. The van der Waals surface area contributed by atoms with E-state index in [1.165, 1.54) is 18.5 Å². The van der Waals surface area contributed by atoms with Gasteiger partial charge in [-0.15, -0.1) is 0 Å². The number of hydrogen-bond acceptors (Lipinski definition) is 2. The van der Waals surface area contributed by atoms with Crippen LogP contribution in [0.15, 0.2) is 18.2 Å². The van der Waals surface area contributed by atoms with Crippen LogP contribution in [0.5, 0.6) is 0 Å². The van der Waals surface area contributed by atoms with Gasteiger partial charge in [-0.1, -0.05) is 20.3 Å². The molecule has 0 amide bonds. The maximum atomic E-state index is 13.6. The lowest BCUT2D eigenvalue weighted by molar-refractivity contribution is 0.558. The molecule has 3 heteroatoms. The Bertz CT molecular complexity index is 433. The second-order valence-corrected chi connectivity index (χ2v) is 5.89. The SMILES string of the molecule is CCCNC(C)c1cc(F)ccc1N1CCC(CC)C1. The van der Waals surface area contributed by atoms with E-state index in [4.69, 9.17) is 0 Å². The normalized spacial score (nSPS) is 20.4. The van der Waals surface area contributed by atoms with Gasteiger partial charge in [-0.05, 0) is 56.0 Å². The van der Waals surface area contributed by atoms with E-state index < -0.39 is 0 Å². The van der Waals surface area contributed by atoms with E-state index in [0.717, 1.165) is 37.5 Å². The molecule has 2 unspecified atom stereocenters. The molecule has 1 aromatic rings. The third-order valence-electron chi connectivity index (χ3n) is 4.36. The van der Waals surface area contributed by atoms with Crippen molar-refractivity contribution in [2.45, 2.75) is 46.1 Å². The Morgan fingerprint density at radius 1 is 1.40 bits per heavy atom. The predicted octanol–water partition coefficient (Wildman–Crippen LogP) is 4.12. The van der Waals surface area contributed by atoms with Crippen LogP contribution in [0.25, 0.3) is 0 Å². The summed E-state index contributed by atoms with van der Waals surface area (Å²) in [6, 6.07) is 5.43. The minimum absolute atomic E-state index is 0.139. The average molecular weight is 278 g/mol. The minimum Gasteiger partial charge on any atom is -0.371 e. The number of nitrogens with zero attached hydrogens (tertiary/aromatic N) is 1. The summed E-state index contributed by atoms with van der Waals surface area (Å²) in [6.45, 7) is 9.70. The zero-order valence-electron chi connectivity index (χ0n) is 13.0. The number of nitrogens with one attached hydrogen (secondary N) is 1. The third-order valence-corrected chi connectivity index (χ3v) is 4.36. The topological polar surface area (TPSA) is 15.3 Å². The fourth-order valence-corrected chi connectivity index (χ4v) is 3.02. The summed E-state index contributed by atoms with van der Waals surface area (Å²) < 4.78 is 13.6. The fraction of sp³-hybridized carbons (Fsp3) is 0.647. The van der Waals surface area contributed by atoms with Crippen molar-refractivity contribution in [3.8, 4) is 0 Å². The third kappa shape index (κ3) is 3.51. The average Bonchev–Trinajstić information content (AvgIpc) is 2.93. The Morgan fingerprint density at radius 2 is 2.20 bits per heavy atom. The molecule has 20 heavy (non-hydrogen) atoms. The predicted molar refractivity (Wildman–Crippen MR) is 83.7 cm³/mol. The molecule has 2 atom stereocenters.